The van der Waals surface area contributed by atoms with Crippen LogP contribution in [0.15, 0.2) is 72.9 Å². The van der Waals surface area contributed by atoms with Gasteiger partial charge in [0.05, 0.1) is 24.6 Å². The summed E-state index contributed by atoms with van der Waals surface area (Å²) in [6.07, 6.45) is 3.72. The lowest BCUT2D eigenvalue weighted by molar-refractivity contribution is -0.114. The maximum absolute atomic E-state index is 11.4. The number of nitrogens with zero attached hydrogens (tertiary/aromatic N) is 3. The van der Waals surface area contributed by atoms with E-state index in [1.165, 1.54) is 23.3 Å². The summed E-state index contributed by atoms with van der Waals surface area (Å²) in [7, 11) is 0. The van der Waals surface area contributed by atoms with Crippen LogP contribution in [0, 0.1) is 0 Å². The van der Waals surface area contributed by atoms with E-state index in [-0.39, 0.29) is 17.9 Å². The highest BCUT2D eigenvalue weighted by Gasteiger charge is 2.30. The predicted molar refractivity (Wildman–Crippen MR) is 137 cm³/mol. The van der Waals surface area contributed by atoms with Crippen LogP contribution in [0.4, 0.5) is 5.69 Å². The molecule has 2 N–H and O–H groups in total. The van der Waals surface area contributed by atoms with E-state index in [2.05, 4.69) is 69.5 Å². The molecular weight excluding hydrogens is 438 g/mol. The fraction of sp³-hybridized carbons (Fsp3) is 0.321. The van der Waals surface area contributed by atoms with Crippen molar-refractivity contribution < 1.29 is 9.53 Å². The van der Waals surface area contributed by atoms with E-state index >= 15 is 0 Å². The van der Waals surface area contributed by atoms with Crippen molar-refractivity contribution in [3.63, 3.8) is 0 Å². The molecule has 1 fully saturated rings. The fourth-order valence-electron chi connectivity index (χ4n) is 4.84. The quantitative estimate of drug-likeness (QED) is 0.402. The van der Waals surface area contributed by atoms with Crippen molar-refractivity contribution in [2.75, 3.05) is 18.4 Å². The molecular formula is C28H31N5O2. The maximum atomic E-state index is 11.4. The van der Waals surface area contributed by atoms with Gasteiger partial charge >= 0.3 is 0 Å². The van der Waals surface area contributed by atoms with Crippen molar-refractivity contribution in [1.82, 2.24) is 20.3 Å². The first-order chi connectivity index (χ1) is 17.2. The summed E-state index contributed by atoms with van der Waals surface area (Å²) in [6.45, 7) is 4.57. The van der Waals surface area contributed by atoms with Crippen molar-refractivity contribution in [3.8, 4) is 0 Å². The summed E-state index contributed by atoms with van der Waals surface area (Å²) < 4.78 is 8.46. The minimum atomic E-state index is -0.0682. The molecule has 1 saturated heterocycles. The first kappa shape index (κ1) is 23.2. The average molecular weight is 470 g/mol. The monoisotopic (exact) mass is 469 g/mol. The molecule has 0 aliphatic carbocycles. The van der Waals surface area contributed by atoms with Crippen LogP contribution in [0.1, 0.15) is 36.1 Å². The Bertz CT molecular complexity index is 1300. The lowest BCUT2D eigenvalue weighted by Gasteiger charge is -2.32. The van der Waals surface area contributed by atoms with Gasteiger partial charge in [0.15, 0.2) is 0 Å². The SMILES string of the molecule is CC(=O)Nc1cccc(CCn2nncc2[C@H]2CCNC[C@@H]2OCc2ccc3ccccc3c2)c1. The van der Waals surface area contributed by atoms with Gasteiger partial charge in [0, 0.05) is 31.6 Å². The van der Waals surface area contributed by atoms with Gasteiger partial charge in [-0.1, -0.05) is 53.7 Å². The standard InChI is InChI=1S/C28H31N5O2/c1-20(34)31-25-8-4-5-21(16-25)12-14-33-27(17-30-32-33)26-11-13-29-18-28(26)35-19-22-9-10-23-6-2-3-7-24(23)15-22/h2-10,15-17,26,28-29H,11-14,18-19H2,1H3,(H,31,34)/t26-,28+/m1/s1. The van der Waals surface area contributed by atoms with Gasteiger partial charge in [-0.15, -0.1) is 5.10 Å². The van der Waals surface area contributed by atoms with Gasteiger partial charge in [-0.25, -0.2) is 4.68 Å². The smallest absolute Gasteiger partial charge is 0.221 e. The highest BCUT2D eigenvalue weighted by molar-refractivity contribution is 5.88. The number of amides is 1. The zero-order valence-corrected chi connectivity index (χ0v) is 20.0. The molecule has 7 heteroatoms. The number of fused-ring (bicyclic) bond motifs is 1. The Morgan fingerprint density at radius 2 is 1.97 bits per heavy atom. The number of aryl methyl sites for hydroxylation is 2. The largest absolute Gasteiger partial charge is 0.372 e. The molecule has 3 aromatic carbocycles. The van der Waals surface area contributed by atoms with E-state index in [1.54, 1.807) is 0 Å². The summed E-state index contributed by atoms with van der Waals surface area (Å²) in [5.41, 5.74) is 4.26. The van der Waals surface area contributed by atoms with Crippen molar-refractivity contribution in [2.45, 2.75) is 44.9 Å². The molecule has 2 atom stereocenters. The number of benzene rings is 3. The number of hydrogen-bond acceptors (Lipinski definition) is 5. The second-order valence-corrected chi connectivity index (χ2v) is 9.14. The van der Waals surface area contributed by atoms with Gasteiger partial charge in [-0.05, 0) is 59.5 Å². The fourth-order valence-corrected chi connectivity index (χ4v) is 4.84. The molecule has 180 valence electrons. The van der Waals surface area contributed by atoms with Crippen LogP contribution in [0.5, 0.6) is 0 Å². The average Bonchev–Trinajstić information content (AvgIpc) is 3.34. The normalized spacial score (nSPS) is 18.0. The minimum absolute atomic E-state index is 0.0514. The minimum Gasteiger partial charge on any atom is -0.372 e. The molecule has 0 unspecified atom stereocenters. The molecule has 1 aliphatic heterocycles. The van der Waals surface area contributed by atoms with Crippen LogP contribution >= 0.6 is 0 Å². The van der Waals surface area contributed by atoms with Crippen molar-refractivity contribution >= 4 is 22.4 Å². The van der Waals surface area contributed by atoms with Crippen molar-refractivity contribution in [3.05, 3.63) is 89.7 Å². The van der Waals surface area contributed by atoms with Crippen LogP contribution < -0.4 is 10.6 Å². The summed E-state index contributed by atoms with van der Waals surface area (Å²) >= 11 is 0. The third kappa shape index (κ3) is 5.75. The molecule has 2 heterocycles. The zero-order chi connectivity index (χ0) is 24.0. The first-order valence-electron chi connectivity index (χ1n) is 12.2. The van der Waals surface area contributed by atoms with E-state index in [4.69, 9.17) is 4.74 Å². The van der Waals surface area contributed by atoms with E-state index < -0.39 is 0 Å². The molecule has 35 heavy (non-hydrogen) atoms. The molecule has 1 aromatic heterocycles. The molecule has 7 nitrogen and oxygen atoms in total. The van der Waals surface area contributed by atoms with Gasteiger partial charge in [0.1, 0.15) is 0 Å². The molecule has 4 aromatic rings. The molecule has 0 bridgehead atoms. The van der Waals surface area contributed by atoms with E-state index in [9.17, 15) is 4.79 Å². The van der Waals surface area contributed by atoms with Crippen LogP contribution in [-0.4, -0.2) is 40.1 Å². The number of nitrogens with one attached hydrogen (secondary N) is 2. The molecule has 1 amide bonds. The molecule has 1 aliphatic rings. The van der Waals surface area contributed by atoms with Crippen LogP contribution in [0.3, 0.4) is 0 Å². The third-order valence-electron chi connectivity index (χ3n) is 6.59. The Hall–Kier alpha value is -3.55. The van der Waals surface area contributed by atoms with Gasteiger partial charge in [-0.3, -0.25) is 4.79 Å². The van der Waals surface area contributed by atoms with E-state index in [0.29, 0.717) is 6.61 Å². The van der Waals surface area contributed by atoms with Crippen molar-refractivity contribution in [1.29, 1.82) is 0 Å². The molecule has 0 saturated carbocycles. The Labute approximate surface area is 205 Å². The van der Waals surface area contributed by atoms with Crippen LogP contribution in [-0.2, 0) is 29.1 Å². The Kier molecular flexibility index (Phi) is 7.16. The predicted octanol–water partition coefficient (Wildman–Crippen LogP) is 4.29. The summed E-state index contributed by atoms with van der Waals surface area (Å²) in [4.78, 5) is 11.4. The highest BCUT2D eigenvalue weighted by Crippen LogP contribution is 2.28. The van der Waals surface area contributed by atoms with Gasteiger partial charge in [-0.2, -0.15) is 0 Å². The van der Waals surface area contributed by atoms with Crippen molar-refractivity contribution in [2.24, 2.45) is 0 Å². The lowest BCUT2D eigenvalue weighted by atomic mass is 9.91. The van der Waals surface area contributed by atoms with Gasteiger partial charge in [0.2, 0.25) is 5.91 Å². The van der Waals surface area contributed by atoms with Gasteiger partial charge in [0.25, 0.3) is 0 Å². The Morgan fingerprint density at radius 3 is 2.86 bits per heavy atom. The Balaban J connectivity index is 1.25. The number of rotatable bonds is 8. The summed E-state index contributed by atoms with van der Waals surface area (Å²) in [5, 5.41) is 17.4. The molecule has 0 spiro atoms. The number of anilines is 1. The number of piperidine rings is 1. The molecule has 0 radical (unpaired) electrons. The summed E-state index contributed by atoms with van der Waals surface area (Å²) in [6, 6.07) is 22.9. The van der Waals surface area contributed by atoms with E-state index in [1.807, 2.05) is 29.1 Å². The number of carbonyl (C=O) groups excluding carboxylic acids is 1. The zero-order valence-electron chi connectivity index (χ0n) is 20.0. The number of ether oxygens (including phenoxy) is 1. The molecule has 5 rings (SSSR count). The van der Waals surface area contributed by atoms with E-state index in [0.717, 1.165) is 49.4 Å². The topological polar surface area (TPSA) is 81.1 Å². The Morgan fingerprint density at radius 1 is 1.09 bits per heavy atom. The highest BCUT2D eigenvalue weighted by atomic mass is 16.5. The van der Waals surface area contributed by atoms with Crippen LogP contribution in [0.25, 0.3) is 10.8 Å². The van der Waals surface area contributed by atoms with Crippen LogP contribution in [0.2, 0.25) is 0 Å². The first-order valence-corrected chi connectivity index (χ1v) is 12.2. The number of hydrogen-bond donors (Lipinski definition) is 2. The second kappa shape index (κ2) is 10.8. The third-order valence-corrected chi connectivity index (χ3v) is 6.59. The maximum Gasteiger partial charge on any atom is 0.221 e. The van der Waals surface area contributed by atoms with Gasteiger partial charge < -0.3 is 15.4 Å². The second-order valence-electron chi connectivity index (χ2n) is 9.14. The number of aromatic nitrogens is 3. The lowest BCUT2D eigenvalue weighted by Crippen LogP contribution is -2.41. The number of carbonyl (C=O) groups is 1. The summed E-state index contributed by atoms with van der Waals surface area (Å²) in [5.74, 6) is 0.166.